The van der Waals surface area contributed by atoms with Crippen LogP contribution < -0.4 is 11.1 Å². The molecule has 0 atom stereocenters. The van der Waals surface area contributed by atoms with E-state index in [1.54, 1.807) is 6.20 Å². The van der Waals surface area contributed by atoms with Gasteiger partial charge in [0.25, 0.3) is 0 Å². The van der Waals surface area contributed by atoms with Gasteiger partial charge in [-0.3, -0.25) is 0 Å². The van der Waals surface area contributed by atoms with E-state index in [-0.39, 0.29) is 0 Å². The molecule has 20 heavy (non-hydrogen) atoms. The molecule has 3 N–H and O–H groups in total. The highest BCUT2D eigenvalue weighted by Gasteiger charge is 2.13. The first-order valence-electron chi connectivity index (χ1n) is 6.14. The zero-order chi connectivity index (χ0) is 13.8. The molecule has 6 heteroatoms. The second-order valence-corrected chi connectivity index (χ2v) is 4.97. The summed E-state index contributed by atoms with van der Waals surface area (Å²) in [4.78, 5) is 8.08. The standard InChI is InChI=1S/C14H13N5S/c15-13-12(10-4-2-1-3-5-10)14(20-19-13)17-8-11-6-7-16-9-18-11/h1-7,9,17H,8H2,(H2,15,19). The van der Waals surface area contributed by atoms with Crippen LogP contribution in [0.2, 0.25) is 0 Å². The van der Waals surface area contributed by atoms with E-state index >= 15 is 0 Å². The van der Waals surface area contributed by atoms with Crippen LogP contribution in [0, 0.1) is 0 Å². The van der Waals surface area contributed by atoms with Gasteiger partial charge in [-0.1, -0.05) is 30.3 Å². The van der Waals surface area contributed by atoms with Gasteiger partial charge in [0.1, 0.15) is 17.1 Å². The lowest BCUT2D eigenvalue weighted by Gasteiger charge is -2.06. The summed E-state index contributed by atoms with van der Waals surface area (Å²) >= 11 is 1.36. The molecule has 2 aromatic heterocycles. The van der Waals surface area contributed by atoms with Gasteiger partial charge in [-0.05, 0) is 23.2 Å². The minimum absolute atomic E-state index is 0.548. The van der Waals surface area contributed by atoms with Gasteiger partial charge in [-0.25, -0.2) is 9.97 Å². The van der Waals surface area contributed by atoms with Gasteiger partial charge in [0.2, 0.25) is 0 Å². The average Bonchev–Trinajstić information content (AvgIpc) is 2.88. The smallest absolute Gasteiger partial charge is 0.147 e. The molecule has 0 aliphatic rings. The predicted octanol–water partition coefficient (Wildman–Crippen LogP) is 2.79. The first kappa shape index (κ1) is 12.6. The highest BCUT2D eigenvalue weighted by molar-refractivity contribution is 7.11. The molecular formula is C14H13N5S. The van der Waals surface area contributed by atoms with E-state index in [1.807, 2.05) is 36.4 Å². The SMILES string of the molecule is Nc1nsc(NCc2ccncn2)c1-c1ccccc1. The van der Waals surface area contributed by atoms with Crippen LogP contribution in [0.25, 0.3) is 11.1 Å². The Morgan fingerprint density at radius 3 is 2.75 bits per heavy atom. The maximum Gasteiger partial charge on any atom is 0.147 e. The largest absolute Gasteiger partial charge is 0.382 e. The minimum atomic E-state index is 0.548. The van der Waals surface area contributed by atoms with Gasteiger partial charge in [0.15, 0.2) is 0 Å². The third-order valence-electron chi connectivity index (χ3n) is 2.85. The Hall–Kier alpha value is -2.47. The molecule has 0 fully saturated rings. The second kappa shape index (κ2) is 5.66. The molecule has 0 radical (unpaired) electrons. The number of hydrogen-bond donors (Lipinski definition) is 2. The van der Waals surface area contributed by atoms with E-state index in [0.717, 1.165) is 21.8 Å². The molecule has 3 rings (SSSR count). The predicted molar refractivity (Wildman–Crippen MR) is 81.3 cm³/mol. The normalized spacial score (nSPS) is 10.4. The number of nitrogens with two attached hydrogens (primary N) is 1. The van der Waals surface area contributed by atoms with Crippen LogP contribution in [0.1, 0.15) is 5.69 Å². The molecule has 0 aliphatic carbocycles. The molecule has 0 spiro atoms. The Bertz CT molecular complexity index is 681. The second-order valence-electron chi connectivity index (χ2n) is 4.19. The van der Waals surface area contributed by atoms with Crippen molar-refractivity contribution < 1.29 is 0 Å². The lowest BCUT2D eigenvalue weighted by atomic mass is 10.1. The molecule has 0 saturated heterocycles. The van der Waals surface area contributed by atoms with Crippen molar-refractivity contribution in [1.29, 1.82) is 0 Å². The lowest BCUT2D eigenvalue weighted by molar-refractivity contribution is 1.01. The molecule has 2 heterocycles. The maximum atomic E-state index is 5.98. The Labute approximate surface area is 120 Å². The molecule has 1 aromatic carbocycles. The third kappa shape index (κ3) is 2.60. The van der Waals surface area contributed by atoms with Gasteiger partial charge in [-0.15, -0.1) is 0 Å². The Balaban J connectivity index is 1.85. The third-order valence-corrected chi connectivity index (χ3v) is 3.67. The number of nitrogens with one attached hydrogen (secondary N) is 1. The summed E-state index contributed by atoms with van der Waals surface area (Å²) in [6.45, 7) is 0.615. The van der Waals surface area contributed by atoms with Gasteiger partial charge < -0.3 is 11.1 Å². The Morgan fingerprint density at radius 2 is 2.00 bits per heavy atom. The van der Waals surface area contributed by atoms with Crippen LogP contribution >= 0.6 is 11.5 Å². The van der Waals surface area contributed by atoms with Crippen molar-refractivity contribution in [3.8, 4) is 11.1 Å². The molecule has 0 bridgehead atoms. The number of benzene rings is 1. The molecule has 0 unspecified atom stereocenters. The van der Waals surface area contributed by atoms with E-state index in [1.165, 1.54) is 17.9 Å². The monoisotopic (exact) mass is 283 g/mol. The Morgan fingerprint density at radius 1 is 1.15 bits per heavy atom. The van der Waals surface area contributed by atoms with E-state index in [4.69, 9.17) is 5.73 Å². The topological polar surface area (TPSA) is 76.7 Å². The Kier molecular flexibility index (Phi) is 3.56. The summed E-state index contributed by atoms with van der Waals surface area (Å²) in [6.07, 6.45) is 3.26. The number of hydrogen-bond acceptors (Lipinski definition) is 6. The summed E-state index contributed by atoms with van der Waals surface area (Å²) in [5.74, 6) is 0.548. The molecule has 5 nitrogen and oxygen atoms in total. The van der Waals surface area contributed by atoms with Crippen LogP contribution in [0.4, 0.5) is 10.8 Å². The number of nitrogen functional groups attached to an aromatic ring is 1. The number of anilines is 2. The summed E-state index contributed by atoms with van der Waals surface area (Å²) in [5.41, 5.74) is 8.91. The first-order valence-corrected chi connectivity index (χ1v) is 6.91. The summed E-state index contributed by atoms with van der Waals surface area (Å²) in [6, 6.07) is 11.9. The average molecular weight is 283 g/mol. The first-order chi connectivity index (χ1) is 9.84. The number of aromatic nitrogens is 3. The van der Waals surface area contributed by atoms with Crippen molar-refractivity contribution in [2.24, 2.45) is 0 Å². The van der Waals surface area contributed by atoms with Crippen molar-refractivity contribution in [3.63, 3.8) is 0 Å². The summed E-state index contributed by atoms with van der Waals surface area (Å²) < 4.78 is 4.23. The van der Waals surface area contributed by atoms with Gasteiger partial charge >= 0.3 is 0 Å². The zero-order valence-corrected chi connectivity index (χ0v) is 11.5. The molecule has 100 valence electrons. The maximum absolute atomic E-state index is 5.98. The molecule has 0 aliphatic heterocycles. The molecule has 0 amide bonds. The van der Waals surface area contributed by atoms with Crippen LogP contribution in [0.5, 0.6) is 0 Å². The van der Waals surface area contributed by atoms with Crippen LogP contribution in [-0.4, -0.2) is 14.3 Å². The van der Waals surface area contributed by atoms with Crippen molar-refractivity contribution in [2.75, 3.05) is 11.1 Å². The fraction of sp³-hybridized carbons (Fsp3) is 0.0714. The van der Waals surface area contributed by atoms with E-state index in [2.05, 4.69) is 19.7 Å². The van der Waals surface area contributed by atoms with E-state index in [0.29, 0.717) is 12.4 Å². The fourth-order valence-corrected chi connectivity index (χ4v) is 2.63. The molecule has 3 aromatic rings. The van der Waals surface area contributed by atoms with Gasteiger partial charge in [-0.2, -0.15) is 4.37 Å². The fourth-order valence-electron chi connectivity index (χ4n) is 1.90. The zero-order valence-electron chi connectivity index (χ0n) is 10.7. The highest BCUT2D eigenvalue weighted by atomic mass is 32.1. The number of rotatable bonds is 4. The number of nitrogens with zero attached hydrogens (tertiary/aromatic N) is 3. The van der Waals surface area contributed by atoms with Crippen molar-refractivity contribution in [2.45, 2.75) is 6.54 Å². The summed E-state index contributed by atoms with van der Waals surface area (Å²) in [7, 11) is 0. The summed E-state index contributed by atoms with van der Waals surface area (Å²) in [5, 5.41) is 4.29. The van der Waals surface area contributed by atoms with Gasteiger partial charge in [0.05, 0.1) is 17.8 Å². The van der Waals surface area contributed by atoms with Crippen molar-refractivity contribution >= 4 is 22.4 Å². The lowest BCUT2D eigenvalue weighted by Crippen LogP contribution is -2.01. The van der Waals surface area contributed by atoms with Crippen molar-refractivity contribution in [1.82, 2.24) is 14.3 Å². The van der Waals surface area contributed by atoms with Crippen molar-refractivity contribution in [3.05, 3.63) is 54.6 Å². The van der Waals surface area contributed by atoms with Crippen LogP contribution in [-0.2, 0) is 6.54 Å². The van der Waals surface area contributed by atoms with Gasteiger partial charge in [0, 0.05) is 6.20 Å². The van der Waals surface area contributed by atoms with E-state index < -0.39 is 0 Å². The van der Waals surface area contributed by atoms with E-state index in [9.17, 15) is 0 Å². The highest BCUT2D eigenvalue weighted by Crippen LogP contribution is 2.36. The van der Waals surface area contributed by atoms with Crippen LogP contribution in [0.3, 0.4) is 0 Å². The minimum Gasteiger partial charge on any atom is -0.382 e. The molecule has 0 saturated carbocycles. The molecular weight excluding hydrogens is 270 g/mol. The quantitative estimate of drug-likeness (QED) is 0.770. The van der Waals surface area contributed by atoms with Crippen LogP contribution in [0.15, 0.2) is 48.9 Å².